The number of non-ortho nitro benzene ring substituents is 1. The number of nitro groups is 1. The third-order valence-corrected chi connectivity index (χ3v) is 7.50. The number of anilines is 1. The summed E-state index contributed by atoms with van der Waals surface area (Å²) >= 11 is 11.9. The Morgan fingerprint density at radius 3 is 2.39 bits per heavy atom. The van der Waals surface area contributed by atoms with E-state index < -0.39 is 21.0 Å². The van der Waals surface area contributed by atoms with Crippen molar-refractivity contribution >= 4 is 50.5 Å². The van der Waals surface area contributed by atoms with Crippen molar-refractivity contribution in [3.05, 3.63) is 62.6 Å². The van der Waals surface area contributed by atoms with E-state index >= 15 is 0 Å². The highest BCUT2D eigenvalue weighted by Gasteiger charge is 2.32. The smallest absolute Gasteiger partial charge is 0.271 e. The lowest BCUT2D eigenvalue weighted by Crippen LogP contribution is -2.53. The molecule has 1 N–H and O–H groups in total. The first-order valence-electron chi connectivity index (χ1n) is 9.34. The van der Waals surface area contributed by atoms with Gasteiger partial charge in [0, 0.05) is 43.3 Å². The molecule has 0 saturated carbocycles. The van der Waals surface area contributed by atoms with Crippen LogP contribution in [0.2, 0.25) is 10.0 Å². The molecule has 0 radical (unpaired) electrons. The Hall–Kier alpha value is -2.24. The summed E-state index contributed by atoms with van der Waals surface area (Å²) in [5.41, 5.74) is 0.0966. The molecule has 166 valence electrons. The van der Waals surface area contributed by atoms with Crippen LogP contribution in [0.15, 0.2) is 47.4 Å². The van der Waals surface area contributed by atoms with Gasteiger partial charge < -0.3 is 5.32 Å². The number of hydrogen-bond acceptors (Lipinski definition) is 6. The Balaban J connectivity index is 1.61. The van der Waals surface area contributed by atoms with Gasteiger partial charge in [0.25, 0.3) is 5.69 Å². The van der Waals surface area contributed by atoms with Gasteiger partial charge >= 0.3 is 0 Å². The van der Waals surface area contributed by atoms with Crippen molar-refractivity contribution in [2.45, 2.75) is 17.9 Å². The van der Waals surface area contributed by atoms with Gasteiger partial charge in [-0.05, 0) is 31.2 Å². The van der Waals surface area contributed by atoms with Crippen molar-refractivity contribution in [1.82, 2.24) is 9.21 Å². The lowest BCUT2D eigenvalue weighted by Gasteiger charge is -2.36. The number of rotatable bonds is 6. The molecule has 2 aromatic rings. The quantitative estimate of drug-likeness (QED) is 0.495. The average Bonchev–Trinajstić information content (AvgIpc) is 2.74. The molecule has 3 rings (SSSR count). The molecule has 0 aliphatic carbocycles. The first-order valence-corrected chi connectivity index (χ1v) is 11.5. The largest absolute Gasteiger partial charge is 0.323 e. The van der Waals surface area contributed by atoms with Crippen molar-refractivity contribution in [2.24, 2.45) is 0 Å². The molecule has 1 heterocycles. The molecule has 0 spiro atoms. The summed E-state index contributed by atoms with van der Waals surface area (Å²) in [5, 5.41) is 13.9. The van der Waals surface area contributed by atoms with Gasteiger partial charge in [0.2, 0.25) is 15.9 Å². The Labute approximate surface area is 189 Å². The van der Waals surface area contributed by atoms with Gasteiger partial charge in [-0.1, -0.05) is 29.3 Å². The summed E-state index contributed by atoms with van der Waals surface area (Å²) < 4.78 is 27.0. The van der Waals surface area contributed by atoms with E-state index in [9.17, 15) is 23.3 Å². The van der Waals surface area contributed by atoms with Crippen molar-refractivity contribution in [3.63, 3.8) is 0 Å². The van der Waals surface area contributed by atoms with Crippen LogP contribution in [0.5, 0.6) is 0 Å². The van der Waals surface area contributed by atoms with Gasteiger partial charge in [-0.2, -0.15) is 4.31 Å². The minimum atomic E-state index is -3.67. The van der Waals surface area contributed by atoms with Gasteiger partial charge in [0.1, 0.15) is 0 Å². The molecule has 1 atom stereocenters. The maximum Gasteiger partial charge on any atom is 0.271 e. The maximum absolute atomic E-state index is 12.8. The molecule has 31 heavy (non-hydrogen) atoms. The van der Waals surface area contributed by atoms with E-state index in [0.717, 1.165) is 0 Å². The zero-order valence-corrected chi connectivity index (χ0v) is 18.8. The van der Waals surface area contributed by atoms with Crippen LogP contribution in [0.4, 0.5) is 11.4 Å². The minimum absolute atomic E-state index is 0.0622. The molecule has 1 amide bonds. The van der Waals surface area contributed by atoms with Crippen molar-refractivity contribution in [1.29, 1.82) is 0 Å². The molecule has 1 unspecified atom stereocenters. The van der Waals surface area contributed by atoms with Gasteiger partial charge in [-0.25, -0.2) is 8.42 Å². The van der Waals surface area contributed by atoms with E-state index in [1.54, 1.807) is 19.1 Å². The number of piperazine rings is 1. The third-order valence-electron chi connectivity index (χ3n) is 5.06. The van der Waals surface area contributed by atoms with Crippen LogP contribution < -0.4 is 5.32 Å². The number of benzene rings is 2. The second-order valence-electron chi connectivity index (χ2n) is 6.98. The fourth-order valence-electron chi connectivity index (χ4n) is 3.23. The number of nitro benzene ring substituents is 1. The number of hydrogen-bond donors (Lipinski definition) is 1. The summed E-state index contributed by atoms with van der Waals surface area (Å²) in [6, 6.07) is 9.34. The lowest BCUT2D eigenvalue weighted by molar-refractivity contribution is -0.384. The van der Waals surface area contributed by atoms with Crippen LogP contribution >= 0.6 is 23.2 Å². The highest BCUT2D eigenvalue weighted by Crippen LogP contribution is 2.27. The fraction of sp³-hybridized carbons (Fsp3) is 0.316. The van der Waals surface area contributed by atoms with Gasteiger partial charge in [0.15, 0.2) is 0 Å². The predicted molar refractivity (Wildman–Crippen MR) is 118 cm³/mol. The molecule has 1 aliphatic rings. The first-order chi connectivity index (χ1) is 14.6. The second kappa shape index (κ2) is 9.49. The summed E-state index contributed by atoms with van der Waals surface area (Å²) in [6.45, 7) is 2.88. The summed E-state index contributed by atoms with van der Waals surface area (Å²) in [4.78, 5) is 24.9. The van der Waals surface area contributed by atoms with Crippen LogP contribution in [-0.2, 0) is 14.8 Å². The molecule has 0 bridgehead atoms. The Morgan fingerprint density at radius 1 is 1.13 bits per heavy atom. The van der Waals surface area contributed by atoms with Gasteiger partial charge in [-0.15, -0.1) is 0 Å². The van der Waals surface area contributed by atoms with E-state index in [2.05, 4.69) is 5.32 Å². The topological polar surface area (TPSA) is 113 Å². The number of nitrogens with one attached hydrogen (secondary N) is 1. The molecule has 1 aliphatic heterocycles. The van der Waals surface area contributed by atoms with Crippen LogP contribution in [-0.4, -0.2) is 60.7 Å². The molecule has 1 fully saturated rings. The minimum Gasteiger partial charge on any atom is -0.323 e. The number of carbonyl (C=O) groups excluding carboxylic acids is 1. The van der Waals surface area contributed by atoms with Crippen molar-refractivity contribution in [3.8, 4) is 0 Å². The predicted octanol–water partition coefficient (Wildman–Crippen LogP) is 3.24. The number of amides is 1. The summed E-state index contributed by atoms with van der Waals surface area (Å²) in [7, 11) is -3.67. The molecule has 0 aromatic heterocycles. The zero-order chi connectivity index (χ0) is 22.8. The molecular formula is C19H20Cl2N4O5S. The summed E-state index contributed by atoms with van der Waals surface area (Å²) in [5.74, 6) is -0.345. The Morgan fingerprint density at radius 2 is 1.81 bits per heavy atom. The van der Waals surface area contributed by atoms with Crippen LogP contribution in [0.3, 0.4) is 0 Å². The average molecular weight is 487 g/mol. The molecule has 2 aromatic carbocycles. The zero-order valence-electron chi connectivity index (χ0n) is 16.5. The van der Waals surface area contributed by atoms with Gasteiger partial charge in [0.05, 0.1) is 26.6 Å². The van der Waals surface area contributed by atoms with E-state index in [1.165, 1.54) is 34.6 Å². The van der Waals surface area contributed by atoms with E-state index in [0.29, 0.717) is 18.1 Å². The van der Waals surface area contributed by atoms with E-state index in [1.807, 2.05) is 4.90 Å². The maximum atomic E-state index is 12.8. The van der Waals surface area contributed by atoms with E-state index in [4.69, 9.17) is 23.2 Å². The molecule has 9 nitrogen and oxygen atoms in total. The lowest BCUT2D eigenvalue weighted by atomic mass is 10.2. The Bertz CT molecular complexity index is 1100. The number of halogens is 2. The number of nitrogens with zero attached hydrogens (tertiary/aromatic N) is 3. The van der Waals surface area contributed by atoms with E-state index in [-0.39, 0.29) is 40.3 Å². The normalized spacial score (nSPS) is 16.6. The SMILES string of the molecule is CC(C(=O)Nc1ccc([N+](=O)[O-])cc1Cl)N1CCN(S(=O)(=O)c2cccc(Cl)c2)CC1. The highest BCUT2D eigenvalue weighted by molar-refractivity contribution is 7.89. The monoisotopic (exact) mass is 486 g/mol. The number of sulfonamides is 1. The molecule has 1 saturated heterocycles. The first kappa shape index (κ1) is 23.4. The van der Waals surface area contributed by atoms with Crippen LogP contribution in [0.1, 0.15) is 6.92 Å². The number of carbonyl (C=O) groups is 1. The molecular weight excluding hydrogens is 467 g/mol. The van der Waals surface area contributed by atoms with Gasteiger partial charge in [-0.3, -0.25) is 19.8 Å². The second-order valence-corrected chi connectivity index (χ2v) is 9.77. The van der Waals surface area contributed by atoms with Crippen LogP contribution in [0.25, 0.3) is 0 Å². The van der Waals surface area contributed by atoms with Crippen molar-refractivity contribution in [2.75, 3.05) is 31.5 Å². The third kappa shape index (κ3) is 5.34. The summed E-state index contributed by atoms with van der Waals surface area (Å²) in [6.07, 6.45) is 0. The molecule has 12 heteroatoms. The Kier molecular flexibility index (Phi) is 7.17. The van der Waals surface area contributed by atoms with Crippen LogP contribution in [0, 0.1) is 10.1 Å². The highest BCUT2D eigenvalue weighted by atomic mass is 35.5. The van der Waals surface area contributed by atoms with Crippen molar-refractivity contribution < 1.29 is 18.1 Å². The fourth-order valence-corrected chi connectivity index (χ4v) is 5.18. The standard InChI is InChI=1S/C19H20Cl2N4O5S/c1-13(19(26)22-18-6-5-15(25(27)28)12-17(18)21)23-7-9-24(10-8-23)31(29,30)16-4-2-3-14(20)11-16/h2-6,11-13H,7-10H2,1H3,(H,22,26).